The first-order valence-corrected chi connectivity index (χ1v) is 8.36. The summed E-state index contributed by atoms with van der Waals surface area (Å²) in [5.41, 5.74) is 1.72. The largest absolute Gasteiger partial charge is 0.416 e. The number of nitrogens with zero attached hydrogens (tertiary/aromatic N) is 1. The van der Waals surface area contributed by atoms with Crippen LogP contribution in [0.5, 0.6) is 0 Å². The van der Waals surface area contributed by atoms with E-state index in [1.54, 1.807) is 12.1 Å². The fourth-order valence-corrected chi connectivity index (χ4v) is 3.20. The lowest BCUT2D eigenvalue weighted by atomic mass is 9.97. The first kappa shape index (κ1) is 17.2. The predicted molar refractivity (Wildman–Crippen MR) is 98.9 cm³/mol. The average molecular weight is 365 g/mol. The molecule has 4 rings (SSSR count). The van der Waals surface area contributed by atoms with Crippen molar-refractivity contribution < 1.29 is 18.0 Å². The van der Waals surface area contributed by atoms with E-state index in [9.17, 15) is 18.0 Å². The van der Waals surface area contributed by atoms with E-state index in [0.717, 1.165) is 34.0 Å². The van der Waals surface area contributed by atoms with Crippen LogP contribution in [0.4, 0.5) is 13.2 Å². The van der Waals surface area contributed by atoms with Crippen LogP contribution in [-0.2, 0) is 6.18 Å². The summed E-state index contributed by atoms with van der Waals surface area (Å²) in [4.78, 5) is 17.5. The molecule has 0 aliphatic rings. The van der Waals surface area contributed by atoms with E-state index in [-0.39, 0.29) is 11.1 Å². The van der Waals surface area contributed by atoms with Gasteiger partial charge in [-0.1, -0.05) is 36.4 Å². The van der Waals surface area contributed by atoms with Gasteiger partial charge in [0.2, 0.25) is 0 Å². The monoisotopic (exact) mass is 365 g/mol. The molecule has 2 nitrogen and oxygen atoms in total. The standard InChI is InChI=1S/C22H14F3NO/c1-13-5-2-10-19-18(13)12-14-6-4-9-17(20(14)26-19)21(27)15-7-3-8-16(11-15)22(23,24)25/h2-12H,1H3. The van der Waals surface area contributed by atoms with Crippen LogP contribution in [0.3, 0.4) is 0 Å². The number of rotatable bonds is 2. The number of benzene rings is 3. The second-order valence-corrected chi connectivity index (χ2v) is 6.41. The minimum atomic E-state index is -4.50. The number of carbonyl (C=O) groups excluding carboxylic acids is 1. The molecule has 3 aromatic carbocycles. The normalized spacial score (nSPS) is 11.9. The van der Waals surface area contributed by atoms with Crippen molar-refractivity contribution in [1.82, 2.24) is 4.98 Å². The van der Waals surface area contributed by atoms with Crippen molar-refractivity contribution in [3.8, 4) is 0 Å². The number of hydrogen-bond donors (Lipinski definition) is 0. The molecule has 0 aliphatic carbocycles. The fourth-order valence-electron chi connectivity index (χ4n) is 3.20. The zero-order valence-corrected chi connectivity index (χ0v) is 14.3. The van der Waals surface area contributed by atoms with Crippen molar-refractivity contribution >= 4 is 27.6 Å². The van der Waals surface area contributed by atoms with Gasteiger partial charge in [-0.05, 0) is 42.8 Å². The third-order valence-corrected chi connectivity index (χ3v) is 4.60. The molecule has 0 amide bonds. The van der Waals surface area contributed by atoms with Crippen LogP contribution in [0.2, 0.25) is 0 Å². The molecule has 0 saturated carbocycles. The molecule has 0 unspecified atom stereocenters. The number of aryl methyl sites for hydroxylation is 1. The molecule has 0 fully saturated rings. The Labute approximate surface area is 153 Å². The maximum atomic E-state index is 13.0. The van der Waals surface area contributed by atoms with Crippen LogP contribution in [0.15, 0.2) is 66.7 Å². The Balaban J connectivity index is 1.90. The second-order valence-electron chi connectivity index (χ2n) is 6.41. The minimum Gasteiger partial charge on any atom is -0.289 e. The highest BCUT2D eigenvalue weighted by Crippen LogP contribution is 2.31. The van der Waals surface area contributed by atoms with Gasteiger partial charge in [-0.3, -0.25) is 4.79 Å². The van der Waals surface area contributed by atoms with Gasteiger partial charge >= 0.3 is 6.18 Å². The van der Waals surface area contributed by atoms with Crippen LogP contribution in [0.25, 0.3) is 21.8 Å². The van der Waals surface area contributed by atoms with Gasteiger partial charge in [-0.25, -0.2) is 4.98 Å². The first-order chi connectivity index (χ1) is 12.8. The third-order valence-electron chi connectivity index (χ3n) is 4.60. The van der Waals surface area contributed by atoms with Crippen LogP contribution < -0.4 is 0 Å². The average Bonchev–Trinajstić information content (AvgIpc) is 2.65. The molecule has 0 saturated heterocycles. The van der Waals surface area contributed by atoms with Crippen molar-refractivity contribution in [2.45, 2.75) is 13.1 Å². The first-order valence-electron chi connectivity index (χ1n) is 8.36. The van der Waals surface area contributed by atoms with Gasteiger partial charge in [0, 0.05) is 21.9 Å². The van der Waals surface area contributed by atoms with E-state index >= 15 is 0 Å². The van der Waals surface area contributed by atoms with Gasteiger partial charge in [-0.2, -0.15) is 13.2 Å². The Morgan fingerprint density at radius 2 is 1.67 bits per heavy atom. The van der Waals surface area contributed by atoms with Gasteiger partial charge in [-0.15, -0.1) is 0 Å². The summed E-state index contributed by atoms with van der Waals surface area (Å²) in [7, 11) is 0. The lowest BCUT2D eigenvalue weighted by Crippen LogP contribution is -2.08. The van der Waals surface area contributed by atoms with Crippen molar-refractivity contribution in [2.75, 3.05) is 0 Å². The van der Waals surface area contributed by atoms with Crippen LogP contribution in [0.1, 0.15) is 27.0 Å². The summed E-state index contributed by atoms with van der Waals surface area (Å²) in [6, 6.07) is 17.3. The number of carbonyl (C=O) groups is 1. The SMILES string of the molecule is Cc1cccc2nc3c(C(=O)c4cccc(C(F)(F)F)c4)cccc3cc12. The molecular formula is C22H14F3NO. The number of halogens is 3. The summed E-state index contributed by atoms with van der Waals surface area (Å²) < 4.78 is 38.9. The molecular weight excluding hydrogens is 351 g/mol. The van der Waals surface area contributed by atoms with Crippen LogP contribution in [0, 0.1) is 6.92 Å². The van der Waals surface area contributed by atoms with E-state index in [1.165, 1.54) is 12.1 Å². The molecule has 27 heavy (non-hydrogen) atoms. The Bertz CT molecular complexity index is 1200. The molecule has 1 heterocycles. The predicted octanol–water partition coefficient (Wildman–Crippen LogP) is 5.95. The Hall–Kier alpha value is -3.21. The molecule has 0 atom stereocenters. The van der Waals surface area contributed by atoms with E-state index < -0.39 is 17.5 Å². The summed E-state index contributed by atoms with van der Waals surface area (Å²) in [6.45, 7) is 1.98. The van der Waals surface area contributed by atoms with Gasteiger partial charge < -0.3 is 0 Å². The highest BCUT2D eigenvalue weighted by molar-refractivity contribution is 6.16. The molecule has 0 spiro atoms. The summed E-state index contributed by atoms with van der Waals surface area (Å²) >= 11 is 0. The summed E-state index contributed by atoms with van der Waals surface area (Å²) in [5.74, 6) is -0.480. The maximum Gasteiger partial charge on any atom is 0.416 e. The summed E-state index contributed by atoms with van der Waals surface area (Å²) in [6.07, 6.45) is -4.50. The topological polar surface area (TPSA) is 30.0 Å². The number of para-hydroxylation sites is 1. The van der Waals surface area contributed by atoms with Gasteiger partial charge in [0.25, 0.3) is 0 Å². The van der Waals surface area contributed by atoms with E-state index in [4.69, 9.17) is 0 Å². The number of alkyl halides is 3. The Kier molecular flexibility index (Phi) is 3.95. The van der Waals surface area contributed by atoms with Gasteiger partial charge in [0.05, 0.1) is 16.6 Å². The van der Waals surface area contributed by atoms with E-state index in [0.29, 0.717) is 5.52 Å². The van der Waals surface area contributed by atoms with Crippen molar-refractivity contribution in [3.05, 3.63) is 89.0 Å². The zero-order valence-electron chi connectivity index (χ0n) is 14.3. The number of ketones is 1. The third kappa shape index (κ3) is 3.05. The number of fused-ring (bicyclic) bond motifs is 2. The number of pyridine rings is 1. The Morgan fingerprint density at radius 1 is 0.926 bits per heavy atom. The van der Waals surface area contributed by atoms with Crippen LogP contribution in [-0.4, -0.2) is 10.8 Å². The van der Waals surface area contributed by atoms with Gasteiger partial charge in [0.15, 0.2) is 5.78 Å². The van der Waals surface area contributed by atoms with Gasteiger partial charge in [0.1, 0.15) is 0 Å². The second kappa shape index (κ2) is 6.20. The molecule has 0 radical (unpaired) electrons. The Morgan fingerprint density at radius 3 is 2.44 bits per heavy atom. The van der Waals surface area contributed by atoms with Crippen LogP contribution >= 0.6 is 0 Å². The number of hydrogen-bond acceptors (Lipinski definition) is 2. The summed E-state index contributed by atoms with van der Waals surface area (Å²) in [5, 5.41) is 1.75. The lowest BCUT2D eigenvalue weighted by Gasteiger charge is -2.10. The zero-order chi connectivity index (χ0) is 19.2. The lowest BCUT2D eigenvalue weighted by molar-refractivity contribution is -0.137. The highest BCUT2D eigenvalue weighted by atomic mass is 19.4. The molecule has 0 aliphatic heterocycles. The fraction of sp³-hybridized carbons (Fsp3) is 0.0909. The van der Waals surface area contributed by atoms with Crippen molar-refractivity contribution in [3.63, 3.8) is 0 Å². The van der Waals surface area contributed by atoms with Crippen molar-refractivity contribution in [1.29, 1.82) is 0 Å². The van der Waals surface area contributed by atoms with Crippen molar-refractivity contribution in [2.24, 2.45) is 0 Å². The molecule has 134 valence electrons. The number of aromatic nitrogens is 1. The van der Waals surface area contributed by atoms with E-state index in [2.05, 4.69) is 4.98 Å². The molecule has 0 bridgehead atoms. The smallest absolute Gasteiger partial charge is 0.289 e. The van der Waals surface area contributed by atoms with E-state index in [1.807, 2.05) is 37.3 Å². The quantitative estimate of drug-likeness (QED) is 0.325. The molecule has 4 aromatic rings. The minimum absolute atomic E-state index is 0.0107. The molecule has 1 aromatic heterocycles. The molecule has 5 heteroatoms. The maximum absolute atomic E-state index is 13.0. The molecule has 0 N–H and O–H groups in total. The highest BCUT2D eigenvalue weighted by Gasteiger charge is 2.31.